The molecule has 0 fully saturated rings. The van der Waals surface area contributed by atoms with Crippen LogP contribution in [0.5, 0.6) is 11.6 Å². The van der Waals surface area contributed by atoms with Crippen LogP contribution in [0.15, 0.2) is 47.4 Å². The third-order valence-corrected chi connectivity index (χ3v) is 5.55. The number of anilines is 1. The molecule has 0 radical (unpaired) electrons. The Kier molecular flexibility index (Phi) is 5.10. The molecular formula is C23H24N6O3. The number of rotatable bonds is 4. The van der Waals surface area contributed by atoms with Gasteiger partial charge in [0, 0.05) is 41.7 Å². The fraction of sp³-hybridized carbons (Fsp3) is 0.304. The normalized spacial score (nSPS) is 15.7. The van der Waals surface area contributed by atoms with Gasteiger partial charge in [0.1, 0.15) is 17.8 Å². The Balaban J connectivity index is 1.37. The summed E-state index contributed by atoms with van der Waals surface area (Å²) in [7, 11) is 0. The van der Waals surface area contributed by atoms with Crippen LogP contribution in [0.3, 0.4) is 0 Å². The molecule has 5 rings (SSSR count). The van der Waals surface area contributed by atoms with Crippen molar-refractivity contribution in [3.63, 3.8) is 0 Å². The number of hydrogen-bond donors (Lipinski definition) is 2. The van der Waals surface area contributed by atoms with Gasteiger partial charge in [-0.1, -0.05) is 19.0 Å². The predicted octanol–water partition coefficient (Wildman–Crippen LogP) is 4.45. The summed E-state index contributed by atoms with van der Waals surface area (Å²) in [6.45, 7) is 6.83. The Hall–Kier alpha value is -3.72. The molecule has 0 unspecified atom stereocenters. The van der Waals surface area contributed by atoms with E-state index in [9.17, 15) is 4.79 Å². The fourth-order valence-corrected chi connectivity index (χ4v) is 3.79. The number of benzene rings is 1. The average molecular weight is 432 g/mol. The Bertz CT molecular complexity index is 1290. The molecule has 1 aliphatic rings. The highest BCUT2D eigenvalue weighted by Gasteiger charge is 2.21. The van der Waals surface area contributed by atoms with Crippen molar-refractivity contribution in [2.45, 2.75) is 45.7 Å². The summed E-state index contributed by atoms with van der Waals surface area (Å²) in [6.07, 6.45) is 4.05. The van der Waals surface area contributed by atoms with E-state index < -0.39 is 0 Å². The molecule has 0 bridgehead atoms. The monoisotopic (exact) mass is 432 g/mol. The maximum atomic E-state index is 12.8. The van der Waals surface area contributed by atoms with E-state index in [0.29, 0.717) is 30.0 Å². The van der Waals surface area contributed by atoms with Crippen LogP contribution in [-0.2, 0) is 13.0 Å². The Labute approximate surface area is 184 Å². The van der Waals surface area contributed by atoms with Crippen LogP contribution < -0.4 is 15.4 Å². The predicted molar refractivity (Wildman–Crippen MR) is 119 cm³/mol. The number of nitrogens with zero attached hydrogens (tertiary/aromatic N) is 4. The number of nitrogens with one attached hydrogen (secondary N) is 2. The number of aromatic nitrogens is 4. The minimum Gasteiger partial charge on any atom is -0.439 e. The summed E-state index contributed by atoms with van der Waals surface area (Å²) in [6, 6.07) is 9.20. The third-order valence-electron chi connectivity index (χ3n) is 5.55. The number of hydrogen-bond acceptors (Lipinski definition) is 7. The lowest BCUT2D eigenvalue weighted by Gasteiger charge is -2.23. The average Bonchev–Trinajstić information content (AvgIpc) is 3.41. The van der Waals surface area contributed by atoms with Crippen molar-refractivity contribution in [2.75, 3.05) is 5.32 Å². The first-order valence-electron chi connectivity index (χ1n) is 10.6. The van der Waals surface area contributed by atoms with E-state index in [0.717, 1.165) is 34.3 Å². The Morgan fingerprint density at radius 2 is 2.16 bits per heavy atom. The quantitative estimate of drug-likeness (QED) is 0.491. The molecule has 3 aromatic heterocycles. The second-order valence-corrected chi connectivity index (χ2v) is 8.30. The van der Waals surface area contributed by atoms with Crippen molar-refractivity contribution in [1.29, 1.82) is 0 Å². The number of fused-ring (bicyclic) bond motifs is 2. The minimum absolute atomic E-state index is 0.193. The van der Waals surface area contributed by atoms with Crippen LogP contribution in [0.1, 0.15) is 43.7 Å². The molecule has 0 spiro atoms. The van der Waals surface area contributed by atoms with Crippen molar-refractivity contribution >= 4 is 22.8 Å². The molecule has 1 amide bonds. The number of ether oxygens (including phenoxy) is 1. The highest BCUT2D eigenvalue weighted by molar-refractivity contribution is 5.98. The summed E-state index contributed by atoms with van der Waals surface area (Å²) in [5.41, 5.74) is 2.75. The van der Waals surface area contributed by atoms with Gasteiger partial charge in [-0.15, -0.1) is 0 Å². The van der Waals surface area contributed by atoms with Crippen LogP contribution in [0.2, 0.25) is 0 Å². The van der Waals surface area contributed by atoms with E-state index in [4.69, 9.17) is 9.26 Å². The minimum atomic E-state index is -0.316. The van der Waals surface area contributed by atoms with Crippen LogP contribution in [0.25, 0.3) is 10.9 Å². The topological polar surface area (TPSA) is 107 Å². The van der Waals surface area contributed by atoms with E-state index in [1.165, 1.54) is 10.9 Å². The molecule has 1 aromatic carbocycles. The lowest BCUT2D eigenvalue weighted by molar-refractivity contribution is 0.254. The molecule has 1 aliphatic heterocycles. The number of carbonyl (C=O) groups is 1. The standard InChI is InChI=1S/C23H24N6O3/c1-13(2)20-10-21(28-32-20)27-23(30)29-7-6-15-9-16(4-5-19(15)29)31-22-17-8-14(3)24-11-18(17)25-12-26-22/h4-7,9-10,12-14,24H,8,11H2,1-3H3,(H,27,28,30)/t14-/m0/s1. The van der Waals surface area contributed by atoms with Crippen LogP contribution in [0.4, 0.5) is 10.6 Å². The molecule has 0 saturated heterocycles. The maximum Gasteiger partial charge on any atom is 0.331 e. The smallest absolute Gasteiger partial charge is 0.331 e. The highest BCUT2D eigenvalue weighted by Crippen LogP contribution is 2.30. The largest absolute Gasteiger partial charge is 0.439 e. The van der Waals surface area contributed by atoms with Gasteiger partial charge >= 0.3 is 6.03 Å². The van der Waals surface area contributed by atoms with Crippen molar-refractivity contribution in [2.24, 2.45) is 0 Å². The molecular weight excluding hydrogens is 408 g/mol. The summed E-state index contributed by atoms with van der Waals surface area (Å²) in [4.78, 5) is 21.5. The zero-order valence-corrected chi connectivity index (χ0v) is 18.1. The molecule has 32 heavy (non-hydrogen) atoms. The molecule has 0 saturated carbocycles. The molecule has 2 N–H and O–H groups in total. The van der Waals surface area contributed by atoms with E-state index in [1.807, 2.05) is 38.1 Å². The first kappa shape index (κ1) is 20.2. The number of carbonyl (C=O) groups excluding carboxylic acids is 1. The van der Waals surface area contributed by atoms with Crippen molar-refractivity contribution in [1.82, 2.24) is 25.0 Å². The second-order valence-electron chi connectivity index (χ2n) is 8.30. The summed E-state index contributed by atoms with van der Waals surface area (Å²) < 4.78 is 12.9. The van der Waals surface area contributed by atoms with Gasteiger partial charge in [0.2, 0.25) is 5.88 Å². The van der Waals surface area contributed by atoms with Gasteiger partial charge in [-0.05, 0) is 37.6 Å². The molecule has 4 heterocycles. The first-order valence-corrected chi connectivity index (χ1v) is 10.6. The molecule has 9 heteroatoms. The highest BCUT2D eigenvalue weighted by atomic mass is 16.5. The van der Waals surface area contributed by atoms with Gasteiger partial charge in [0.05, 0.1) is 11.2 Å². The van der Waals surface area contributed by atoms with Crippen LogP contribution in [0, 0.1) is 0 Å². The molecule has 164 valence electrons. The van der Waals surface area contributed by atoms with E-state index in [-0.39, 0.29) is 11.9 Å². The Morgan fingerprint density at radius 1 is 1.28 bits per heavy atom. The summed E-state index contributed by atoms with van der Waals surface area (Å²) in [5.74, 6) is 2.53. The summed E-state index contributed by atoms with van der Waals surface area (Å²) in [5, 5.41) is 10.9. The third kappa shape index (κ3) is 3.82. The Morgan fingerprint density at radius 3 is 2.97 bits per heavy atom. The van der Waals surface area contributed by atoms with Crippen molar-refractivity contribution in [3.05, 3.63) is 59.9 Å². The molecule has 9 nitrogen and oxygen atoms in total. The fourth-order valence-electron chi connectivity index (χ4n) is 3.79. The van der Waals surface area contributed by atoms with Crippen molar-refractivity contribution in [3.8, 4) is 11.6 Å². The van der Waals surface area contributed by atoms with Gasteiger partial charge in [0.15, 0.2) is 5.82 Å². The molecule has 4 aromatic rings. The second kappa shape index (κ2) is 8.08. The molecule has 1 atom stereocenters. The lowest BCUT2D eigenvalue weighted by atomic mass is 10.0. The van der Waals surface area contributed by atoms with Gasteiger partial charge < -0.3 is 14.6 Å². The van der Waals surface area contributed by atoms with Crippen LogP contribution in [-0.4, -0.2) is 31.8 Å². The van der Waals surface area contributed by atoms with Gasteiger partial charge in [-0.2, -0.15) is 0 Å². The van der Waals surface area contributed by atoms with E-state index in [2.05, 4.69) is 32.7 Å². The van der Waals surface area contributed by atoms with E-state index in [1.54, 1.807) is 12.3 Å². The van der Waals surface area contributed by atoms with Gasteiger partial charge in [0.25, 0.3) is 0 Å². The van der Waals surface area contributed by atoms with Crippen LogP contribution >= 0.6 is 0 Å². The summed E-state index contributed by atoms with van der Waals surface area (Å²) >= 11 is 0. The van der Waals surface area contributed by atoms with Gasteiger partial charge in [-0.3, -0.25) is 9.88 Å². The van der Waals surface area contributed by atoms with Crippen molar-refractivity contribution < 1.29 is 14.1 Å². The zero-order valence-electron chi connectivity index (χ0n) is 18.1. The van der Waals surface area contributed by atoms with E-state index >= 15 is 0 Å². The maximum absolute atomic E-state index is 12.8. The van der Waals surface area contributed by atoms with Gasteiger partial charge in [-0.25, -0.2) is 14.8 Å². The SMILES string of the molecule is CC(C)c1cc(NC(=O)n2ccc3cc(Oc4ncnc5c4C[C@H](C)NC5)ccc32)no1. The first-order chi connectivity index (χ1) is 15.5. The molecule has 0 aliphatic carbocycles. The zero-order chi connectivity index (χ0) is 22.2. The number of amides is 1. The lowest BCUT2D eigenvalue weighted by Crippen LogP contribution is -2.33.